The number of unbranched alkanes of at least 4 members (excludes halogenated alkanes) is 1. The first-order chi connectivity index (χ1) is 8.26. The van der Waals surface area contributed by atoms with Gasteiger partial charge in [-0.15, -0.1) is 0 Å². The molecule has 0 aromatic rings. The van der Waals surface area contributed by atoms with E-state index in [1.54, 1.807) is 0 Å². The second-order valence-corrected chi connectivity index (χ2v) is 4.99. The fourth-order valence-corrected chi connectivity index (χ4v) is 2.46. The largest absolute Gasteiger partial charge is 0.396 e. The van der Waals surface area contributed by atoms with E-state index in [4.69, 9.17) is 5.73 Å². The number of rotatable bonds is 7. The van der Waals surface area contributed by atoms with Crippen LogP contribution < -0.4 is 11.1 Å². The van der Waals surface area contributed by atoms with Crippen LogP contribution in [0.1, 0.15) is 32.1 Å². The highest BCUT2D eigenvalue weighted by molar-refractivity contribution is 5.16. The van der Waals surface area contributed by atoms with Crippen LogP contribution in [0.3, 0.4) is 0 Å². The molecule has 0 spiro atoms. The van der Waals surface area contributed by atoms with Crippen molar-refractivity contribution in [2.45, 2.75) is 32.1 Å². The van der Waals surface area contributed by atoms with E-state index in [-0.39, 0.29) is 5.41 Å². The van der Waals surface area contributed by atoms with Crippen LogP contribution in [-0.4, -0.2) is 31.3 Å². The monoisotopic (exact) mass is 238 g/mol. The molecule has 0 amide bonds. The van der Waals surface area contributed by atoms with E-state index >= 15 is 0 Å². The molecule has 0 aromatic carbocycles. The van der Waals surface area contributed by atoms with Crippen LogP contribution in [0.15, 0.2) is 24.3 Å². The molecular weight excluding hydrogens is 212 g/mol. The molecule has 0 atom stereocenters. The first-order valence-electron chi connectivity index (χ1n) is 6.59. The Kier molecular flexibility index (Phi) is 6.48. The third-order valence-corrected chi connectivity index (χ3v) is 3.82. The number of nitrogens with two attached hydrogens (primary N) is 1. The van der Waals surface area contributed by atoms with Gasteiger partial charge in [0.2, 0.25) is 0 Å². The van der Waals surface area contributed by atoms with Crippen LogP contribution in [0.25, 0.3) is 0 Å². The first kappa shape index (κ1) is 14.4. The number of nitrogens with one attached hydrogen (secondary N) is 1. The van der Waals surface area contributed by atoms with Crippen molar-refractivity contribution in [1.82, 2.24) is 5.32 Å². The minimum atomic E-state index is 0.163. The molecule has 1 fully saturated rings. The average molecular weight is 238 g/mol. The standard InChI is InChI=1S/C14H26N2O/c1-2-13(11-15)5-3-4-6-14(12-17)7-9-16-10-8-14/h2,5,16-17H,1,3-4,6-12,15H2/b13-5+. The maximum Gasteiger partial charge on any atom is 0.0488 e. The third-order valence-electron chi connectivity index (χ3n) is 3.82. The molecule has 0 aliphatic carbocycles. The Bertz CT molecular complexity index is 255. The zero-order valence-corrected chi connectivity index (χ0v) is 10.8. The van der Waals surface area contributed by atoms with Gasteiger partial charge in [0.05, 0.1) is 0 Å². The molecule has 1 aliphatic rings. The lowest BCUT2D eigenvalue weighted by Gasteiger charge is -2.36. The molecule has 3 nitrogen and oxygen atoms in total. The van der Waals surface area contributed by atoms with Gasteiger partial charge in [-0.3, -0.25) is 0 Å². The Morgan fingerprint density at radius 1 is 1.41 bits per heavy atom. The molecule has 1 rings (SSSR count). The summed E-state index contributed by atoms with van der Waals surface area (Å²) in [4.78, 5) is 0. The van der Waals surface area contributed by atoms with E-state index < -0.39 is 0 Å². The summed E-state index contributed by atoms with van der Waals surface area (Å²) >= 11 is 0. The molecule has 1 aliphatic heterocycles. The topological polar surface area (TPSA) is 58.3 Å². The Morgan fingerprint density at radius 2 is 2.12 bits per heavy atom. The minimum Gasteiger partial charge on any atom is -0.396 e. The van der Waals surface area contributed by atoms with Crippen LogP contribution in [0.5, 0.6) is 0 Å². The summed E-state index contributed by atoms with van der Waals surface area (Å²) in [5.41, 5.74) is 6.85. The van der Waals surface area contributed by atoms with Crippen LogP contribution in [0.4, 0.5) is 0 Å². The summed E-state index contributed by atoms with van der Waals surface area (Å²) in [5.74, 6) is 0. The lowest BCUT2D eigenvalue weighted by molar-refractivity contribution is 0.0785. The maximum absolute atomic E-state index is 9.56. The van der Waals surface area contributed by atoms with Crippen LogP contribution >= 0.6 is 0 Å². The van der Waals surface area contributed by atoms with Gasteiger partial charge in [0.25, 0.3) is 0 Å². The van der Waals surface area contributed by atoms with Crippen molar-refractivity contribution in [2.75, 3.05) is 26.2 Å². The zero-order valence-electron chi connectivity index (χ0n) is 10.8. The second-order valence-electron chi connectivity index (χ2n) is 4.99. The summed E-state index contributed by atoms with van der Waals surface area (Å²) < 4.78 is 0. The van der Waals surface area contributed by atoms with Gasteiger partial charge in [0, 0.05) is 13.2 Å². The molecule has 0 saturated carbocycles. The molecule has 17 heavy (non-hydrogen) atoms. The highest BCUT2D eigenvalue weighted by Gasteiger charge is 2.30. The van der Waals surface area contributed by atoms with Gasteiger partial charge in [-0.05, 0) is 56.2 Å². The van der Waals surface area contributed by atoms with E-state index in [2.05, 4.69) is 18.0 Å². The Labute approximate surface area is 105 Å². The van der Waals surface area contributed by atoms with E-state index in [0.29, 0.717) is 13.2 Å². The molecule has 0 unspecified atom stereocenters. The van der Waals surface area contributed by atoms with Gasteiger partial charge in [-0.2, -0.15) is 0 Å². The summed E-state index contributed by atoms with van der Waals surface area (Å²) in [6.45, 7) is 6.70. The fraction of sp³-hybridized carbons (Fsp3) is 0.714. The smallest absolute Gasteiger partial charge is 0.0488 e. The summed E-state index contributed by atoms with van der Waals surface area (Å²) in [7, 11) is 0. The SMILES string of the molecule is C=C/C(=C\CCCC1(CO)CCNCC1)CN. The fourth-order valence-electron chi connectivity index (χ4n) is 2.46. The van der Waals surface area contributed by atoms with Crippen molar-refractivity contribution in [3.05, 3.63) is 24.3 Å². The van der Waals surface area contributed by atoms with Crippen molar-refractivity contribution in [1.29, 1.82) is 0 Å². The number of allylic oxidation sites excluding steroid dienone is 1. The highest BCUT2D eigenvalue weighted by Crippen LogP contribution is 2.33. The Balaban J connectivity index is 2.33. The molecule has 1 heterocycles. The predicted octanol–water partition coefficient (Wildman–Crippen LogP) is 1.59. The highest BCUT2D eigenvalue weighted by atomic mass is 16.3. The first-order valence-corrected chi connectivity index (χ1v) is 6.59. The third kappa shape index (κ3) is 4.62. The average Bonchev–Trinajstić information content (AvgIpc) is 2.40. The molecule has 0 aromatic heterocycles. The van der Waals surface area contributed by atoms with Crippen molar-refractivity contribution < 1.29 is 5.11 Å². The molecule has 1 saturated heterocycles. The van der Waals surface area contributed by atoms with Crippen molar-refractivity contribution in [3.8, 4) is 0 Å². The zero-order chi connectivity index (χ0) is 12.6. The normalized spacial score (nSPS) is 20.2. The minimum absolute atomic E-state index is 0.163. The quantitative estimate of drug-likeness (QED) is 0.466. The van der Waals surface area contributed by atoms with Crippen molar-refractivity contribution >= 4 is 0 Å². The number of hydrogen-bond donors (Lipinski definition) is 3. The lowest BCUT2D eigenvalue weighted by atomic mass is 9.76. The lowest BCUT2D eigenvalue weighted by Crippen LogP contribution is -2.39. The molecule has 0 radical (unpaired) electrons. The van der Waals surface area contributed by atoms with E-state index in [9.17, 15) is 5.11 Å². The molecule has 3 heteroatoms. The number of aliphatic hydroxyl groups is 1. The van der Waals surface area contributed by atoms with Gasteiger partial charge < -0.3 is 16.2 Å². The Morgan fingerprint density at radius 3 is 2.65 bits per heavy atom. The predicted molar refractivity (Wildman–Crippen MR) is 72.8 cm³/mol. The van der Waals surface area contributed by atoms with E-state index in [1.165, 1.54) is 0 Å². The van der Waals surface area contributed by atoms with Crippen LogP contribution in [0, 0.1) is 5.41 Å². The second kappa shape index (κ2) is 7.64. The van der Waals surface area contributed by atoms with Gasteiger partial charge >= 0.3 is 0 Å². The van der Waals surface area contributed by atoms with Gasteiger partial charge in [-0.1, -0.05) is 18.7 Å². The number of hydrogen-bond acceptors (Lipinski definition) is 3. The number of aliphatic hydroxyl groups excluding tert-OH is 1. The van der Waals surface area contributed by atoms with Gasteiger partial charge in [0.1, 0.15) is 0 Å². The summed E-state index contributed by atoms with van der Waals surface area (Å²) in [5, 5.41) is 12.9. The van der Waals surface area contributed by atoms with E-state index in [0.717, 1.165) is 50.8 Å². The van der Waals surface area contributed by atoms with Gasteiger partial charge in [-0.25, -0.2) is 0 Å². The molecule has 0 bridgehead atoms. The molecule has 4 N–H and O–H groups in total. The summed E-state index contributed by atoms with van der Waals surface area (Å²) in [6, 6.07) is 0. The summed E-state index contributed by atoms with van der Waals surface area (Å²) in [6.07, 6.45) is 9.45. The van der Waals surface area contributed by atoms with Crippen molar-refractivity contribution in [2.24, 2.45) is 11.1 Å². The molecule has 98 valence electrons. The van der Waals surface area contributed by atoms with Crippen molar-refractivity contribution in [3.63, 3.8) is 0 Å². The van der Waals surface area contributed by atoms with Crippen LogP contribution in [-0.2, 0) is 0 Å². The Hall–Kier alpha value is -0.640. The maximum atomic E-state index is 9.56. The van der Waals surface area contributed by atoms with E-state index in [1.807, 2.05) is 6.08 Å². The number of piperidine rings is 1. The van der Waals surface area contributed by atoms with Crippen LogP contribution in [0.2, 0.25) is 0 Å². The molecular formula is C14H26N2O. The van der Waals surface area contributed by atoms with Gasteiger partial charge in [0.15, 0.2) is 0 Å².